The fraction of sp³-hybridized carbons (Fsp3) is 0.262. The van der Waals surface area contributed by atoms with Crippen LogP contribution in [0.5, 0.6) is 23.0 Å². The van der Waals surface area contributed by atoms with Crippen molar-refractivity contribution in [1.82, 2.24) is 4.98 Å². The summed E-state index contributed by atoms with van der Waals surface area (Å²) in [5.74, 6) is -0.0538. The Morgan fingerprint density at radius 1 is 0.800 bits per heavy atom. The van der Waals surface area contributed by atoms with Crippen LogP contribution in [0.25, 0.3) is 20.8 Å². The molecule has 0 N–H and O–H groups in total. The van der Waals surface area contributed by atoms with Crippen LogP contribution in [0.4, 0.5) is 0 Å². The summed E-state index contributed by atoms with van der Waals surface area (Å²) >= 11 is 1.26. The molecule has 0 saturated carbocycles. The molecule has 1 heterocycles. The first-order chi connectivity index (χ1) is 26.8. The Balaban J connectivity index is 1.24. The van der Waals surface area contributed by atoms with Crippen molar-refractivity contribution in [3.05, 3.63) is 114 Å². The van der Waals surface area contributed by atoms with Crippen LogP contribution in [-0.2, 0) is 19.0 Å². The van der Waals surface area contributed by atoms with Gasteiger partial charge in [0.15, 0.2) is 11.5 Å². The molecule has 0 radical (unpaired) electrons. The first-order valence-corrected chi connectivity index (χ1v) is 18.4. The molecule has 1 aromatic heterocycles. The Morgan fingerprint density at radius 2 is 1.42 bits per heavy atom. The number of esters is 3. The molecule has 1 unspecified atom stereocenters. The minimum absolute atomic E-state index is 0.175. The standard InChI is InChI=1S/C42H40N2O10S/c1-4-22-50-32-16-12-31(13-17-32)42(47)54-36-21-20-35(38-39(36)55-40(44-38)29-10-8-28(25-43)9-11-29)53-41(46)30-14-18-33(19-15-30)52-27-34(48-3)26-49-23-6-7-24-51-37(45)5-2/h5,8-21,34H,2,4,6-7,22-24,26-27H2,1,3H3. The number of unbranched alkanes of at least 4 members (excludes halogenated alkanes) is 1. The summed E-state index contributed by atoms with van der Waals surface area (Å²) in [6.45, 7) is 7.25. The third kappa shape index (κ3) is 11.5. The first kappa shape index (κ1) is 40.1. The lowest BCUT2D eigenvalue weighted by Crippen LogP contribution is -2.26. The van der Waals surface area contributed by atoms with Gasteiger partial charge < -0.3 is 33.2 Å². The van der Waals surface area contributed by atoms with Crippen molar-refractivity contribution in [3.63, 3.8) is 0 Å². The molecule has 0 amide bonds. The molecule has 0 aliphatic heterocycles. The van der Waals surface area contributed by atoms with Gasteiger partial charge in [0.25, 0.3) is 0 Å². The van der Waals surface area contributed by atoms with Crippen molar-refractivity contribution in [2.75, 3.05) is 40.1 Å². The number of hydrogen-bond acceptors (Lipinski definition) is 13. The molecule has 0 saturated heterocycles. The summed E-state index contributed by atoms with van der Waals surface area (Å²) < 4.78 is 39.7. The molecule has 55 heavy (non-hydrogen) atoms. The van der Waals surface area contributed by atoms with Gasteiger partial charge in [0.05, 0.1) is 42.6 Å². The summed E-state index contributed by atoms with van der Waals surface area (Å²) in [6.07, 6.45) is 3.05. The van der Waals surface area contributed by atoms with Gasteiger partial charge in [0.2, 0.25) is 0 Å². The Hall–Kier alpha value is -6.07. The number of carbonyl (C=O) groups is 3. The normalized spacial score (nSPS) is 11.3. The van der Waals surface area contributed by atoms with Crippen LogP contribution in [0.1, 0.15) is 52.5 Å². The lowest BCUT2D eigenvalue weighted by Gasteiger charge is -2.16. The predicted molar refractivity (Wildman–Crippen MR) is 206 cm³/mol. The van der Waals surface area contributed by atoms with Crippen molar-refractivity contribution in [3.8, 4) is 39.6 Å². The Morgan fingerprint density at radius 3 is 2.04 bits per heavy atom. The van der Waals surface area contributed by atoms with Gasteiger partial charge in [0, 0.05) is 25.4 Å². The zero-order valence-corrected chi connectivity index (χ0v) is 31.3. The van der Waals surface area contributed by atoms with E-state index < -0.39 is 17.9 Å². The minimum Gasteiger partial charge on any atom is -0.494 e. The van der Waals surface area contributed by atoms with E-state index in [-0.39, 0.29) is 29.8 Å². The summed E-state index contributed by atoms with van der Waals surface area (Å²) in [5.41, 5.74) is 2.17. The van der Waals surface area contributed by atoms with Crippen LogP contribution < -0.4 is 18.9 Å². The monoisotopic (exact) mass is 764 g/mol. The average molecular weight is 765 g/mol. The molecular weight excluding hydrogens is 725 g/mol. The number of nitrogens with zero attached hydrogens (tertiary/aromatic N) is 2. The molecule has 284 valence electrons. The molecular formula is C42H40N2O10S. The van der Waals surface area contributed by atoms with Crippen molar-refractivity contribution < 1.29 is 47.5 Å². The molecule has 0 aliphatic carbocycles. The molecule has 13 heteroatoms. The average Bonchev–Trinajstić information content (AvgIpc) is 3.68. The van der Waals surface area contributed by atoms with Gasteiger partial charge in [-0.2, -0.15) is 5.26 Å². The Labute approximate surface area is 322 Å². The van der Waals surface area contributed by atoms with E-state index in [1.165, 1.54) is 17.4 Å². The van der Waals surface area contributed by atoms with Crippen LogP contribution in [0.2, 0.25) is 0 Å². The van der Waals surface area contributed by atoms with E-state index in [4.69, 9.17) is 38.1 Å². The SMILES string of the molecule is C=CC(=O)OCCCCOCC(COc1ccc(C(=O)Oc2ccc(OC(=O)c3ccc(OCCC)cc3)c3sc(-c4ccc(C#N)cc4)nc23)cc1)OC. The van der Waals surface area contributed by atoms with Gasteiger partial charge in [-0.15, -0.1) is 11.3 Å². The Kier molecular flexibility index (Phi) is 14.9. The van der Waals surface area contributed by atoms with Gasteiger partial charge in [-0.3, -0.25) is 0 Å². The smallest absolute Gasteiger partial charge is 0.343 e. The Bertz CT molecular complexity index is 2110. The second kappa shape index (κ2) is 20.4. The van der Waals surface area contributed by atoms with Crippen molar-refractivity contribution in [2.24, 2.45) is 0 Å². The number of carbonyl (C=O) groups excluding carboxylic acids is 3. The second-order valence-corrected chi connectivity index (χ2v) is 12.9. The molecule has 5 aromatic rings. The third-order valence-corrected chi connectivity index (χ3v) is 9.08. The number of hydrogen-bond donors (Lipinski definition) is 0. The third-order valence-electron chi connectivity index (χ3n) is 7.96. The molecule has 5 rings (SSSR count). The van der Waals surface area contributed by atoms with E-state index >= 15 is 0 Å². The van der Waals surface area contributed by atoms with E-state index in [1.54, 1.807) is 86.0 Å². The molecule has 1 atom stereocenters. The topological polar surface area (TPSA) is 153 Å². The van der Waals surface area contributed by atoms with E-state index in [0.717, 1.165) is 18.1 Å². The first-order valence-electron chi connectivity index (χ1n) is 17.6. The summed E-state index contributed by atoms with van der Waals surface area (Å²) in [4.78, 5) is 42.4. The minimum atomic E-state index is -0.627. The summed E-state index contributed by atoms with van der Waals surface area (Å²) in [7, 11) is 1.57. The predicted octanol–water partition coefficient (Wildman–Crippen LogP) is 7.98. The van der Waals surface area contributed by atoms with Gasteiger partial charge in [-0.1, -0.05) is 25.6 Å². The van der Waals surface area contributed by atoms with E-state index in [0.29, 0.717) is 77.1 Å². The lowest BCUT2D eigenvalue weighted by atomic mass is 10.1. The fourth-order valence-electron chi connectivity index (χ4n) is 4.97. The maximum absolute atomic E-state index is 13.4. The molecule has 0 spiro atoms. The molecule has 12 nitrogen and oxygen atoms in total. The van der Waals surface area contributed by atoms with Crippen molar-refractivity contribution in [2.45, 2.75) is 32.3 Å². The van der Waals surface area contributed by atoms with Crippen LogP contribution in [0, 0.1) is 11.3 Å². The number of methoxy groups -OCH3 is 1. The quantitative estimate of drug-likeness (QED) is 0.0327. The summed E-state index contributed by atoms with van der Waals surface area (Å²) in [5, 5.41) is 9.82. The number of nitriles is 1. The molecule has 0 fully saturated rings. The number of ether oxygens (including phenoxy) is 7. The second-order valence-electron chi connectivity index (χ2n) is 11.9. The molecule has 0 bridgehead atoms. The lowest BCUT2D eigenvalue weighted by molar-refractivity contribution is -0.137. The van der Waals surface area contributed by atoms with Crippen LogP contribution in [0.3, 0.4) is 0 Å². The van der Waals surface area contributed by atoms with Gasteiger partial charge >= 0.3 is 17.9 Å². The van der Waals surface area contributed by atoms with E-state index in [2.05, 4.69) is 12.6 Å². The van der Waals surface area contributed by atoms with Crippen LogP contribution in [-0.4, -0.2) is 69.1 Å². The maximum atomic E-state index is 13.4. The highest BCUT2D eigenvalue weighted by Gasteiger charge is 2.21. The van der Waals surface area contributed by atoms with E-state index in [9.17, 15) is 19.6 Å². The highest BCUT2D eigenvalue weighted by atomic mass is 32.1. The molecule has 4 aromatic carbocycles. The van der Waals surface area contributed by atoms with Gasteiger partial charge in [-0.25, -0.2) is 19.4 Å². The number of thiazole rings is 1. The highest BCUT2D eigenvalue weighted by Crippen LogP contribution is 2.41. The zero-order valence-electron chi connectivity index (χ0n) is 30.5. The zero-order chi connectivity index (χ0) is 39.0. The van der Waals surface area contributed by atoms with Gasteiger partial charge in [0.1, 0.15) is 39.4 Å². The van der Waals surface area contributed by atoms with Gasteiger partial charge in [-0.05, 0) is 92.1 Å². The van der Waals surface area contributed by atoms with Crippen molar-refractivity contribution >= 4 is 39.5 Å². The number of benzene rings is 4. The number of rotatable bonds is 20. The van der Waals surface area contributed by atoms with Crippen molar-refractivity contribution in [1.29, 1.82) is 5.26 Å². The number of aromatic nitrogens is 1. The fourth-order valence-corrected chi connectivity index (χ4v) is 6.01. The van der Waals surface area contributed by atoms with Crippen LogP contribution in [0.15, 0.2) is 97.6 Å². The molecule has 0 aliphatic rings. The maximum Gasteiger partial charge on any atom is 0.343 e. The highest BCUT2D eigenvalue weighted by molar-refractivity contribution is 7.22. The largest absolute Gasteiger partial charge is 0.494 e. The summed E-state index contributed by atoms with van der Waals surface area (Å²) in [6, 6.07) is 25.3. The van der Waals surface area contributed by atoms with Crippen LogP contribution >= 0.6 is 11.3 Å². The van der Waals surface area contributed by atoms with E-state index in [1.807, 2.05) is 6.92 Å². The number of fused-ring (bicyclic) bond motifs is 1.